The van der Waals surface area contributed by atoms with E-state index < -0.39 is 24.6 Å². The average molecular weight is 448 g/mol. The van der Waals surface area contributed by atoms with E-state index in [4.69, 9.17) is 9.47 Å². The number of rotatable bonds is 8. The van der Waals surface area contributed by atoms with Crippen molar-refractivity contribution in [2.75, 3.05) is 13.2 Å². The van der Waals surface area contributed by atoms with Gasteiger partial charge in [0, 0.05) is 0 Å². The van der Waals surface area contributed by atoms with Gasteiger partial charge < -0.3 is 9.47 Å². The lowest BCUT2D eigenvalue weighted by atomic mass is 10.3. The SMILES string of the molecule is CCOC(=O)C(=O)C(C(=O)OCC)=P(c1ccccc1)(c1ccccc1)c1ccccc1. The van der Waals surface area contributed by atoms with Crippen molar-refractivity contribution in [1.29, 1.82) is 0 Å². The van der Waals surface area contributed by atoms with Gasteiger partial charge in [-0.2, -0.15) is 0 Å². The molecule has 0 aliphatic rings. The molecule has 0 spiro atoms. The van der Waals surface area contributed by atoms with E-state index in [1.54, 1.807) is 13.8 Å². The minimum Gasteiger partial charge on any atom is -0.462 e. The van der Waals surface area contributed by atoms with E-state index in [-0.39, 0.29) is 18.5 Å². The Balaban J connectivity index is 2.60. The van der Waals surface area contributed by atoms with Gasteiger partial charge in [-0.1, -0.05) is 91.0 Å². The molecule has 0 atom stereocenters. The first-order chi connectivity index (χ1) is 15.6. The fourth-order valence-corrected chi connectivity index (χ4v) is 7.93. The predicted molar refractivity (Wildman–Crippen MR) is 128 cm³/mol. The molecule has 0 saturated heterocycles. The van der Waals surface area contributed by atoms with Crippen molar-refractivity contribution in [3.63, 3.8) is 0 Å². The number of ether oxygens (including phenoxy) is 2. The van der Waals surface area contributed by atoms with Crippen molar-refractivity contribution in [3.05, 3.63) is 91.0 Å². The first kappa shape index (κ1) is 23.2. The highest BCUT2D eigenvalue weighted by Crippen LogP contribution is 2.46. The third kappa shape index (κ3) is 4.44. The van der Waals surface area contributed by atoms with E-state index in [0.29, 0.717) is 0 Å². The summed E-state index contributed by atoms with van der Waals surface area (Å²) in [6, 6.07) is 28.0. The minimum absolute atomic E-state index is 0.0220. The van der Waals surface area contributed by atoms with Crippen molar-refractivity contribution in [1.82, 2.24) is 0 Å². The van der Waals surface area contributed by atoms with Crippen LogP contribution in [0, 0.1) is 0 Å². The molecule has 0 aliphatic heterocycles. The second-order valence-corrected chi connectivity index (χ2v) is 10.1. The van der Waals surface area contributed by atoms with Crippen LogP contribution >= 0.6 is 6.89 Å². The van der Waals surface area contributed by atoms with Crippen molar-refractivity contribution in [2.24, 2.45) is 0 Å². The molecule has 3 aromatic rings. The summed E-state index contributed by atoms with van der Waals surface area (Å²) in [5.74, 6) is -2.85. The maximum absolute atomic E-state index is 13.5. The molecule has 0 heterocycles. The lowest BCUT2D eigenvalue weighted by molar-refractivity contribution is -0.151. The normalized spacial score (nSPS) is 10.8. The van der Waals surface area contributed by atoms with Gasteiger partial charge in [0.2, 0.25) is 0 Å². The second-order valence-electron chi connectivity index (χ2n) is 6.80. The fourth-order valence-electron chi connectivity index (χ4n) is 3.66. The molecule has 0 unspecified atom stereocenters. The molecule has 0 N–H and O–H groups in total. The molecule has 6 heteroatoms. The van der Waals surface area contributed by atoms with Crippen molar-refractivity contribution < 1.29 is 23.9 Å². The Morgan fingerprint density at radius 3 is 1.28 bits per heavy atom. The number of carbonyl (C=O) groups is 3. The molecule has 0 saturated carbocycles. The molecule has 0 radical (unpaired) electrons. The summed E-state index contributed by atoms with van der Waals surface area (Å²) in [5.41, 5.74) is 0. The Morgan fingerprint density at radius 2 is 0.938 bits per heavy atom. The van der Waals surface area contributed by atoms with Crippen molar-refractivity contribution >= 4 is 45.8 Å². The maximum atomic E-state index is 13.5. The van der Waals surface area contributed by atoms with E-state index in [2.05, 4.69) is 0 Å². The molecule has 0 fully saturated rings. The zero-order chi connectivity index (χ0) is 23.0. The third-order valence-electron chi connectivity index (χ3n) is 4.91. The molecule has 164 valence electrons. The molecule has 0 amide bonds. The average Bonchev–Trinajstić information content (AvgIpc) is 2.84. The summed E-state index contributed by atoms with van der Waals surface area (Å²) >= 11 is 0. The van der Waals surface area contributed by atoms with E-state index in [9.17, 15) is 14.4 Å². The van der Waals surface area contributed by atoms with Crippen LogP contribution in [0.4, 0.5) is 0 Å². The van der Waals surface area contributed by atoms with Gasteiger partial charge in [-0.25, -0.2) is 9.59 Å². The van der Waals surface area contributed by atoms with Crippen LogP contribution in [-0.2, 0) is 23.9 Å². The van der Waals surface area contributed by atoms with Crippen LogP contribution in [0.1, 0.15) is 13.8 Å². The van der Waals surface area contributed by atoms with Crippen LogP contribution in [0.5, 0.6) is 0 Å². The number of benzene rings is 3. The highest BCUT2D eigenvalue weighted by atomic mass is 31.2. The van der Waals surface area contributed by atoms with Gasteiger partial charge in [-0.3, -0.25) is 4.79 Å². The Bertz CT molecular complexity index is 1040. The van der Waals surface area contributed by atoms with Gasteiger partial charge in [0.25, 0.3) is 5.78 Å². The van der Waals surface area contributed by atoms with Crippen LogP contribution < -0.4 is 15.9 Å². The predicted octanol–water partition coefficient (Wildman–Crippen LogP) is 2.85. The Labute approximate surface area is 188 Å². The van der Waals surface area contributed by atoms with Crippen LogP contribution in [0.3, 0.4) is 0 Å². The Hall–Kier alpha value is -3.43. The van der Waals surface area contributed by atoms with E-state index in [1.807, 2.05) is 91.0 Å². The first-order valence-corrected chi connectivity index (χ1v) is 12.2. The van der Waals surface area contributed by atoms with Crippen LogP contribution in [-0.4, -0.2) is 36.2 Å². The molecule has 32 heavy (non-hydrogen) atoms. The lowest BCUT2D eigenvalue weighted by Crippen LogP contribution is -2.41. The summed E-state index contributed by atoms with van der Waals surface area (Å²) in [6.45, 7) is 0.276. The zero-order valence-corrected chi connectivity index (χ0v) is 19.0. The van der Waals surface area contributed by atoms with E-state index in [1.165, 1.54) is 0 Å². The molecule has 3 aromatic carbocycles. The second kappa shape index (κ2) is 10.7. The quantitative estimate of drug-likeness (QED) is 0.229. The van der Waals surface area contributed by atoms with Crippen molar-refractivity contribution in [2.45, 2.75) is 13.8 Å². The molecule has 0 aromatic heterocycles. The van der Waals surface area contributed by atoms with Gasteiger partial charge >= 0.3 is 11.9 Å². The van der Waals surface area contributed by atoms with E-state index >= 15 is 0 Å². The first-order valence-electron chi connectivity index (χ1n) is 10.4. The highest BCUT2D eigenvalue weighted by molar-refractivity contribution is 7.98. The summed E-state index contributed by atoms with van der Waals surface area (Å²) < 4.78 is 10.4. The molecule has 5 nitrogen and oxygen atoms in total. The summed E-state index contributed by atoms with van der Waals surface area (Å²) in [7, 11) is 0. The topological polar surface area (TPSA) is 69.7 Å². The fraction of sp³-hybridized carbons (Fsp3) is 0.154. The van der Waals surface area contributed by atoms with E-state index in [0.717, 1.165) is 15.9 Å². The van der Waals surface area contributed by atoms with Crippen LogP contribution in [0.15, 0.2) is 91.0 Å². The van der Waals surface area contributed by atoms with Crippen molar-refractivity contribution in [3.8, 4) is 0 Å². The van der Waals surface area contributed by atoms with Crippen LogP contribution in [0.2, 0.25) is 0 Å². The number of Topliss-reactive ketones (excluding diaryl/α,β-unsaturated/α-hetero) is 1. The van der Waals surface area contributed by atoms with Gasteiger partial charge in [0.05, 0.1) is 13.2 Å². The zero-order valence-electron chi connectivity index (χ0n) is 18.1. The van der Waals surface area contributed by atoms with Gasteiger partial charge in [0.1, 0.15) is 5.29 Å². The Morgan fingerprint density at radius 1 is 0.594 bits per heavy atom. The number of hydrogen-bond donors (Lipinski definition) is 0. The summed E-state index contributed by atoms with van der Waals surface area (Å²) in [5, 5.41) is 2.09. The molecule has 3 rings (SSSR count). The van der Waals surface area contributed by atoms with Crippen LogP contribution in [0.25, 0.3) is 0 Å². The highest BCUT2D eigenvalue weighted by Gasteiger charge is 2.40. The molecular formula is C26H25O5P. The molecule has 0 bridgehead atoms. The monoisotopic (exact) mass is 448 g/mol. The van der Waals surface area contributed by atoms with Gasteiger partial charge in [0.15, 0.2) is 0 Å². The maximum Gasteiger partial charge on any atom is 0.380 e. The molecular weight excluding hydrogens is 423 g/mol. The minimum atomic E-state index is -3.09. The van der Waals surface area contributed by atoms with Gasteiger partial charge in [-0.05, 0) is 36.6 Å². The summed E-state index contributed by atoms with van der Waals surface area (Å²) in [6.07, 6.45) is 0. The summed E-state index contributed by atoms with van der Waals surface area (Å²) in [4.78, 5) is 39.6. The largest absolute Gasteiger partial charge is 0.462 e. The molecule has 0 aliphatic carbocycles. The number of ketones is 1. The smallest absolute Gasteiger partial charge is 0.380 e. The van der Waals surface area contributed by atoms with Gasteiger partial charge in [-0.15, -0.1) is 0 Å². The number of carbonyl (C=O) groups excluding carboxylic acids is 3. The number of esters is 2. The standard InChI is InChI=1S/C26H25O5P/c1-3-30-25(28)23(27)24(26(29)31-4-2)32(20-14-8-5-9-15-20,21-16-10-6-11-17-21)22-18-12-7-13-19-22/h5-19H,3-4H2,1-2H3. The Kier molecular flexibility index (Phi) is 7.80. The third-order valence-corrected chi connectivity index (χ3v) is 9.19. The number of hydrogen-bond acceptors (Lipinski definition) is 5. The lowest BCUT2D eigenvalue weighted by Gasteiger charge is -2.31.